The van der Waals surface area contributed by atoms with Crippen LogP contribution in [0, 0.1) is 0 Å². The van der Waals surface area contributed by atoms with Gasteiger partial charge in [-0.2, -0.15) is 0 Å². The molecule has 0 bridgehead atoms. The zero-order valence-electron chi connectivity index (χ0n) is 31.6. The number of phenols is 1. The summed E-state index contributed by atoms with van der Waals surface area (Å²) in [7, 11) is 2.09. The Morgan fingerprint density at radius 2 is 1.62 bits per heavy atom. The molecule has 0 saturated carbocycles. The number of hydrogen-bond acceptors (Lipinski definition) is 13. The van der Waals surface area contributed by atoms with E-state index in [2.05, 4.69) is 61.5 Å². The molecule has 294 valence electrons. The van der Waals surface area contributed by atoms with Gasteiger partial charge < -0.3 is 34.5 Å². The van der Waals surface area contributed by atoms with Gasteiger partial charge in [0.15, 0.2) is 11.4 Å². The van der Waals surface area contributed by atoms with Crippen LogP contribution in [0.15, 0.2) is 82.0 Å². The van der Waals surface area contributed by atoms with E-state index < -0.39 is 17.7 Å². The molecule has 4 heterocycles. The number of carbonyl (C=O) groups excluding carboxylic acids is 2. The summed E-state index contributed by atoms with van der Waals surface area (Å²) in [5, 5.41) is 21.0. The maximum absolute atomic E-state index is 12.5. The molecule has 2 aromatic heterocycles. The van der Waals surface area contributed by atoms with E-state index in [1.165, 1.54) is 15.8 Å². The van der Waals surface area contributed by atoms with Gasteiger partial charge in [-0.15, -0.1) is 10.2 Å². The molecule has 1 unspecified atom stereocenters. The first-order valence-corrected chi connectivity index (χ1v) is 19.1. The number of aryl methyl sites for hydroxylation is 1. The summed E-state index contributed by atoms with van der Waals surface area (Å²) in [6.07, 6.45) is 1.99. The van der Waals surface area contributed by atoms with E-state index in [0.29, 0.717) is 54.6 Å². The van der Waals surface area contributed by atoms with Crippen molar-refractivity contribution in [2.45, 2.75) is 38.3 Å². The Labute approximate surface area is 324 Å². The summed E-state index contributed by atoms with van der Waals surface area (Å²) in [4.78, 5) is 43.2. The highest BCUT2D eigenvalue weighted by molar-refractivity contribution is 6.00. The second-order valence-electron chi connectivity index (χ2n) is 14.2. The van der Waals surface area contributed by atoms with E-state index in [0.717, 1.165) is 63.4 Å². The third-order valence-electron chi connectivity index (χ3n) is 10.3. The largest absolute Gasteiger partial charge is 0.507 e. The normalized spacial score (nSPS) is 16.2. The number of rotatable bonds is 16. The van der Waals surface area contributed by atoms with Crippen LogP contribution in [0.25, 0.3) is 22.4 Å². The number of likely N-dealkylation sites (N-methyl/N-ethyl adjacent to an activating group) is 1. The molecule has 5 aromatic rings. The van der Waals surface area contributed by atoms with Crippen LogP contribution in [0.2, 0.25) is 0 Å². The molecule has 2 fully saturated rings. The van der Waals surface area contributed by atoms with Crippen molar-refractivity contribution in [3.8, 4) is 17.0 Å². The molecule has 2 saturated heterocycles. The number of piperidine rings is 1. The minimum absolute atomic E-state index is 0.160. The van der Waals surface area contributed by atoms with Gasteiger partial charge in [-0.3, -0.25) is 24.4 Å². The Morgan fingerprint density at radius 1 is 0.893 bits per heavy atom. The number of nitrogens with one attached hydrogen (secondary N) is 1. The smallest absolute Gasteiger partial charge is 0.420 e. The first kappa shape index (κ1) is 38.5. The number of anilines is 3. The lowest BCUT2D eigenvalue weighted by Gasteiger charge is -2.37. The number of ether oxygens (including phenoxy) is 2. The number of carbonyl (C=O) groups is 2. The van der Waals surface area contributed by atoms with Gasteiger partial charge in [-0.25, -0.2) is 4.79 Å². The van der Waals surface area contributed by atoms with Gasteiger partial charge >= 0.3 is 5.76 Å². The molecule has 7 rings (SSSR count). The molecule has 2 aliphatic rings. The van der Waals surface area contributed by atoms with E-state index in [1.807, 2.05) is 30.3 Å². The van der Waals surface area contributed by atoms with Crippen LogP contribution in [0.1, 0.15) is 36.4 Å². The fraction of sp³-hybridized carbons (Fsp3) is 0.390. The van der Waals surface area contributed by atoms with Crippen LogP contribution in [-0.2, 0) is 32.0 Å². The van der Waals surface area contributed by atoms with E-state index >= 15 is 0 Å². The number of piperazine rings is 1. The number of oxazole rings is 1. The number of hydrogen-bond donors (Lipinski definition) is 3. The monoisotopic (exact) mass is 764 g/mol. The highest BCUT2D eigenvalue weighted by Crippen LogP contribution is 2.32. The molecule has 0 radical (unpaired) electrons. The van der Waals surface area contributed by atoms with Crippen molar-refractivity contribution >= 4 is 40.1 Å². The molecule has 3 aromatic carbocycles. The predicted octanol–water partition coefficient (Wildman–Crippen LogP) is 3.74. The third kappa shape index (κ3) is 9.18. The first-order chi connectivity index (χ1) is 27.2. The zero-order valence-corrected chi connectivity index (χ0v) is 31.6. The van der Waals surface area contributed by atoms with Crippen molar-refractivity contribution < 1.29 is 28.6 Å². The summed E-state index contributed by atoms with van der Waals surface area (Å²) in [5.74, 6) is -0.876. The molecular weight excluding hydrogens is 716 g/mol. The second kappa shape index (κ2) is 17.8. The standard InChI is InChI=1S/C41H48N8O7/c1-46(20-22-55-24-23-54-21-4-5-28-10-13-33-37(25-28)56-41(53)49(33)34-14-15-38(51)43-40(34)52)27-29-8-11-30(12-9-29)47-16-18-48(19-17-47)35-26-32(44-45-39(35)42)31-6-2-3-7-36(31)50/h2-3,6-13,25-26,34,50H,4-5,14-24,27H2,1H3,(H2,42,45)(H,43,51,52). The number of nitrogens with zero attached hydrogens (tertiary/aromatic N) is 6. The topological polar surface area (TPSA) is 182 Å². The molecule has 0 spiro atoms. The van der Waals surface area contributed by atoms with Crippen LogP contribution in [0.4, 0.5) is 17.2 Å². The maximum atomic E-state index is 12.5. The first-order valence-electron chi connectivity index (χ1n) is 19.1. The van der Waals surface area contributed by atoms with Crippen molar-refractivity contribution in [1.29, 1.82) is 0 Å². The summed E-state index contributed by atoms with van der Waals surface area (Å²) < 4.78 is 18.4. The Hall–Kier alpha value is -5.77. The fourth-order valence-corrected chi connectivity index (χ4v) is 7.26. The van der Waals surface area contributed by atoms with E-state index in [1.54, 1.807) is 18.2 Å². The minimum atomic E-state index is -0.755. The van der Waals surface area contributed by atoms with Crippen molar-refractivity contribution in [3.63, 3.8) is 0 Å². The maximum Gasteiger partial charge on any atom is 0.420 e. The summed E-state index contributed by atoms with van der Waals surface area (Å²) in [6, 6.07) is 22.5. The number of imide groups is 1. The number of phenolic OH excluding ortho intramolecular Hbond substituents is 1. The number of benzene rings is 3. The van der Waals surface area contributed by atoms with Gasteiger partial charge in [0.25, 0.3) is 0 Å². The van der Waals surface area contributed by atoms with Gasteiger partial charge in [0, 0.05) is 63.5 Å². The number of aromatic nitrogens is 3. The SMILES string of the molecule is CN(CCOCCOCCCc1ccc2c(c1)oc(=O)n2C1CCC(=O)NC1=O)Cc1ccc(N2CCN(c3cc(-c4ccccc4O)nnc3N)CC2)cc1. The molecule has 15 nitrogen and oxygen atoms in total. The Morgan fingerprint density at radius 3 is 2.39 bits per heavy atom. The number of nitrogen functional groups attached to an aromatic ring is 1. The lowest BCUT2D eigenvalue weighted by atomic mass is 10.1. The molecule has 4 N–H and O–H groups in total. The van der Waals surface area contributed by atoms with Crippen LogP contribution < -0.4 is 26.6 Å². The molecular formula is C41H48N8O7. The van der Waals surface area contributed by atoms with Crippen molar-refractivity contribution in [2.75, 3.05) is 81.7 Å². The van der Waals surface area contributed by atoms with E-state index in [-0.39, 0.29) is 24.5 Å². The number of aromatic hydroxyl groups is 1. The Balaban J connectivity index is 0.765. The summed E-state index contributed by atoms with van der Waals surface area (Å²) in [6.45, 7) is 7.09. The molecule has 1 atom stereocenters. The molecule has 56 heavy (non-hydrogen) atoms. The van der Waals surface area contributed by atoms with Crippen LogP contribution >= 0.6 is 0 Å². The highest BCUT2D eigenvalue weighted by Gasteiger charge is 2.31. The van der Waals surface area contributed by atoms with Gasteiger partial charge in [-0.1, -0.05) is 30.3 Å². The van der Waals surface area contributed by atoms with Gasteiger partial charge in [0.2, 0.25) is 11.8 Å². The average molecular weight is 765 g/mol. The lowest BCUT2D eigenvalue weighted by molar-refractivity contribution is -0.135. The third-order valence-corrected chi connectivity index (χ3v) is 10.3. The van der Waals surface area contributed by atoms with Crippen LogP contribution in [-0.4, -0.2) is 103 Å². The molecule has 0 aliphatic carbocycles. The second-order valence-corrected chi connectivity index (χ2v) is 14.2. The van der Waals surface area contributed by atoms with Crippen LogP contribution in [0.5, 0.6) is 5.75 Å². The Bertz CT molecular complexity index is 2200. The Kier molecular flexibility index (Phi) is 12.2. The van der Waals surface area contributed by atoms with Gasteiger partial charge in [0.1, 0.15) is 11.8 Å². The molecule has 2 aliphatic heterocycles. The highest BCUT2D eigenvalue weighted by atomic mass is 16.5. The van der Waals surface area contributed by atoms with E-state index in [9.17, 15) is 19.5 Å². The number of nitrogens with two attached hydrogens (primary N) is 1. The predicted molar refractivity (Wildman–Crippen MR) is 213 cm³/mol. The minimum Gasteiger partial charge on any atom is -0.507 e. The number of fused-ring (bicyclic) bond motifs is 1. The quantitative estimate of drug-likeness (QED) is 0.0978. The van der Waals surface area contributed by atoms with Crippen LogP contribution in [0.3, 0.4) is 0 Å². The zero-order chi connectivity index (χ0) is 39.0. The average Bonchev–Trinajstić information content (AvgIpc) is 3.52. The van der Waals surface area contributed by atoms with Gasteiger partial charge in [-0.05, 0) is 79.9 Å². The molecule has 2 amide bonds. The number of para-hydroxylation sites is 1. The fourth-order valence-electron chi connectivity index (χ4n) is 7.26. The molecule has 15 heteroatoms. The summed E-state index contributed by atoms with van der Waals surface area (Å²) in [5.41, 5.74) is 12.7. The lowest BCUT2D eigenvalue weighted by Crippen LogP contribution is -2.46. The van der Waals surface area contributed by atoms with Crippen molar-refractivity contribution in [3.05, 3.63) is 94.5 Å². The summed E-state index contributed by atoms with van der Waals surface area (Å²) >= 11 is 0. The van der Waals surface area contributed by atoms with Gasteiger partial charge in [0.05, 0.1) is 36.7 Å². The number of amides is 2. The van der Waals surface area contributed by atoms with Crippen molar-refractivity contribution in [1.82, 2.24) is 25.0 Å². The van der Waals surface area contributed by atoms with E-state index in [4.69, 9.17) is 19.6 Å². The van der Waals surface area contributed by atoms with Crippen molar-refractivity contribution in [2.24, 2.45) is 0 Å².